The standard InChI is InChI=1S/C15H17Cl2NO2/c16-12-5-10(6-13(17)8-12)2-4-15(20)18-9-11-1-3-14(19)7-11/h2,4-6,8,11,14,19H,1,3,7,9H2,(H,18,20)/b4-2+. The normalized spacial score (nSPS) is 22.4. The first-order valence-corrected chi connectivity index (χ1v) is 7.38. The Labute approximate surface area is 128 Å². The number of rotatable bonds is 4. The van der Waals surface area contributed by atoms with Crippen LogP contribution >= 0.6 is 23.2 Å². The summed E-state index contributed by atoms with van der Waals surface area (Å²) in [6.07, 6.45) is 5.51. The van der Waals surface area contributed by atoms with Crippen molar-refractivity contribution < 1.29 is 9.90 Å². The minimum atomic E-state index is -0.207. The molecule has 1 amide bonds. The second-order valence-electron chi connectivity index (χ2n) is 5.11. The zero-order chi connectivity index (χ0) is 14.5. The molecule has 0 spiro atoms. The molecular formula is C15H17Cl2NO2. The van der Waals surface area contributed by atoms with Crippen LogP contribution in [-0.4, -0.2) is 23.7 Å². The largest absolute Gasteiger partial charge is 0.393 e. The number of hydrogen-bond donors (Lipinski definition) is 2. The second kappa shape index (κ2) is 7.11. The van der Waals surface area contributed by atoms with Crippen molar-refractivity contribution in [2.45, 2.75) is 25.4 Å². The van der Waals surface area contributed by atoms with Crippen LogP contribution in [0.25, 0.3) is 6.08 Å². The monoisotopic (exact) mass is 313 g/mol. The third-order valence-corrected chi connectivity index (χ3v) is 3.83. The molecule has 0 bridgehead atoms. The Bertz CT molecular complexity index is 496. The van der Waals surface area contributed by atoms with E-state index in [1.54, 1.807) is 24.3 Å². The number of aliphatic hydroxyl groups excluding tert-OH is 1. The quantitative estimate of drug-likeness (QED) is 0.838. The molecule has 3 nitrogen and oxygen atoms in total. The van der Waals surface area contributed by atoms with E-state index in [0.29, 0.717) is 22.5 Å². The molecule has 0 radical (unpaired) electrons. The molecule has 0 aliphatic heterocycles. The van der Waals surface area contributed by atoms with Gasteiger partial charge in [-0.05, 0) is 55.0 Å². The van der Waals surface area contributed by atoms with Crippen LogP contribution in [0, 0.1) is 5.92 Å². The summed E-state index contributed by atoms with van der Waals surface area (Å²) in [4.78, 5) is 11.7. The van der Waals surface area contributed by atoms with E-state index in [4.69, 9.17) is 23.2 Å². The Balaban J connectivity index is 1.83. The third-order valence-electron chi connectivity index (χ3n) is 3.39. The van der Waals surface area contributed by atoms with Gasteiger partial charge >= 0.3 is 0 Å². The van der Waals surface area contributed by atoms with Crippen molar-refractivity contribution in [1.82, 2.24) is 5.32 Å². The van der Waals surface area contributed by atoms with Crippen molar-refractivity contribution in [1.29, 1.82) is 0 Å². The lowest BCUT2D eigenvalue weighted by Crippen LogP contribution is -2.26. The second-order valence-corrected chi connectivity index (χ2v) is 5.99. The number of hydrogen-bond acceptors (Lipinski definition) is 2. The van der Waals surface area contributed by atoms with Crippen LogP contribution in [0.1, 0.15) is 24.8 Å². The molecule has 2 N–H and O–H groups in total. The summed E-state index contributed by atoms with van der Waals surface area (Å²) >= 11 is 11.8. The van der Waals surface area contributed by atoms with Gasteiger partial charge in [-0.1, -0.05) is 23.2 Å². The lowest BCUT2D eigenvalue weighted by molar-refractivity contribution is -0.116. The van der Waals surface area contributed by atoms with Crippen molar-refractivity contribution in [3.8, 4) is 0 Å². The van der Waals surface area contributed by atoms with Crippen LogP contribution in [-0.2, 0) is 4.79 Å². The smallest absolute Gasteiger partial charge is 0.244 e. The van der Waals surface area contributed by atoms with Crippen LogP contribution in [0.15, 0.2) is 24.3 Å². The summed E-state index contributed by atoms with van der Waals surface area (Å²) in [6, 6.07) is 5.13. The highest BCUT2D eigenvalue weighted by atomic mass is 35.5. The number of nitrogens with one attached hydrogen (secondary N) is 1. The highest BCUT2D eigenvalue weighted by molar-refractivity contribution is 6.34. The van der Waals surface area contributed by atoms with Crippen molar-refractivity contribution in [2.75, 3.05) is 6.54 Å². The van der Waals surface area contributed by atoms with Gasteiger partial charge in [-0.25, -0.2) is 0 Å². The van der Waals surface area contributed by atoms with Gasteiger partial charge in [0.15, 0.2) is 0 Å². The zero-order valence-corrected chi connectivity index (χ0v) is 12.5. The van der Waals surface area contributed by atoms with Crippen molar-refractivity contribution in [2.24, 2.45) is 5.92 Å². The minimum absolute atomic E-state index is 0.150. The Morgan fingerprint density at radius 2 is 2.00 bits per heavy atom. The summed E-state index contributed by atoms with van der Waals surface area (Å²) in [6.45, 7) is 0.608. The van der Waals surface area contributed by atoms with Gasteiger partial charge in [0.2, 0.25) is 5.91 Å². The van der Waals surface area contributed by atoms with Gasteiger partial charge in [0.25, 0.3) is 0 Å². The maximum Gasteiger partial charge on any atom is 0.244 e. The Morgan fingerprint density at radius 3 is 2.60 bits per heavy atom. The predicted molar refractivity (Wildman–Crippen MR) is 81.9 cm³/mol. The lowest BCUT2D eigenvalue weighted by atomic mass is 10.1. The first-order chi connectivity index (χ1) is 9.52. The molecule has 0 heterocycles. The third kappa shape index (κ3) is 4.82. The zero-order valence-electron chi connectivity index (χ0n) is 11.0. The maximum atomic E-state index is 11.7. The van der Waals surface area contributed by atoms with E-state index in [2.05, 4.69) is 5.32 Å². The first-order valence-electron chi connectivity index (χ1n) is 6.63. The van der Waals surface area contributed by atoms with Gasteiger partial charge < -0.3 is 10.4 Å². The molecule has 2 unspecified atom stereocenters. The number of carbonyl (C=O) groups is 1. The van der Waals surface area contributed by atoms with Crippen LogP contribution in [0.2, 0.25) is 10.0 Å². The molecule has 1 aromatic carbocycles. The van der Waals surface area contributed by atoms with E-state index < -0.39 is 0 Å². The van der Waals surface area contributed by atoms with E-state index >= 15 is 0 Å². The average Bonchev–Trinajstić information content (AvgIpc) is 2.79. The van der Waals surface area contributed by atoms with E-state index in [0.717, 1.165) is 24.8 Å². The van der Waals surface area contributed by atoms with Crippen molar-refractivity contribution in [3.63, 3.8) is 0 Å². The highest BCUT2D eigenvalue weighted by Crippen LogP contribution is 2.24. The average molecular weight is 314 g/mol. The number of carbonyl (C=O) groups excluding carboxylic acids is 1. The summed E-state index contributed by atoms with van der Waals surface area (Å²) in [7, 11) is 0. The molecule has 5 heteroatoms. The fraction of sp³-hybridized carbons (Fsp3) is 0.400. The number of benzene rings is 1. The van der Waals surface area contributed by atoms with Crippen LogP contribution in [0.3, 0.4) is 0 Å². The van der Waals surface area contributed by atoms with E-state index in [9.17, 15) is 9.90 Å². The molecule has 2 atom stereocenters. The number of amides is 1. The van der Waals surface area contributed by atoms with Gasteiger partial charge in [-0.15, -0.1) is 0 Å². The summed E-state index contributed by atoms with van der Waals surface area (Å²) in [5.41, 5.74) is 0.786. The first kappa shape index (κ1) is 15.4. The molecule has 20 heavy (non-hydrogen) atoms. The van der Waals surface area contributed by atoms with Gasteiger partial charge in [-0.2, -0.15) is 0 Å². The molecule has 0 aromatic heterocycles. The molecule has 1 aliphatic carbocycles. The molecule has 1 aromatic rings. The van der Waals surface area contributed by atoms with Crippen LogP contribution in [0.5, 0.6) is 0 Å². The van der Waals surface area contributed by atoms with Gasteiger partial charge in [0.05, 0.1) is 6.10 Å². The Morgan fingerprint density at radius 1 is 1.30 bits per heavy atom. The fourth-order valence-corrected chi connectivity index (χ4v) is 2.92. The van der Waals surface area contributed by atoms with Crippen molar-refractivity contribution in [3.05, 3.63) is 39.9 Å². The van der Waals surface area contributed by atoms with Crippen LogP contribution < -0.4 is 5.32 Å². The lowest BCUT2D eigenvalue weighted by Gasteiger charge is -2.09. The SMILES string of the molecule is O=C(/C=C/c1cc(Cl)cc(Cl)c1)NCC1CCC(O)C1. The molecule has 1 saturated carbocycles. The Hall–Kier alpha value is -1.03. The summed E-state index contributed by atoms with van der Waals surface area (Å²) in [5.74, 6) is 0.227. The topological polar surface area (TPSA) is 49.3 Å². The predicted octanol–water partition coefficient (Wildman–Crippen LogP) is 3.28. The van der Waals surface area contributed by atoms with E-state index in [1.165, 1.54) is 6.08 Å². The number of halogens is 2. The van der Waals surface area contributed by atoms with Gasteiger partial charge in [-0.3, -0.25) is 4.79 Å². The minimum Gasteiger partial charge on any atom is -0.393 e. The van der Waals surface area contributed by atoms with Crippen molar-refractivity contribution >= 4 is 35.2 Å². The molecule has 108 valence electrons. The fourth-order valence-electron chi connectivity index (χ4n) is 2.38. The van der Waals surface area contributed by atoms with E-state index in [-0.39, 0.29) is 12.0 Å². The highest BCUT2D eigenvalue weighted by Gasteiger charge is 2.22. The molecule has 2 rings (SSSR count). The Kier molecular flexibility index (Phi) is 5.46. The molecule has 1 aliphatic rings. The summed E-state index contributed by atoms with van der Waals surface area (Å²) < 4.78 is 0. The van der Waals surface area contributed by atoms with E-state index in [1.807, 2.05) is 0 Å². The summed E-state index contributed by atoms with van der Waals surface area (Å²) in [5, 5.41) is 13.3. The van der Waals surface area contributed by atoms with Gasteiger partial charge in [0, 0.05) is 22.7 Å². The van der Waals surface area contributed by atoms with Crippen LogP contribution in [0.4, 0.5) is 0 Å². The van der Waals surface area contributed by atoms with Gasteiger partial charge in [0.1, 0.15) is 0 Å². The number of aliphatic hydroxyl groups is 1. The molecule has 0 saturated heterocycles. The molecular weight excluding hydrogens is 297 g/mol. The molecule has 1 fully saturated rings. The maximum absolute atomic E-state index is 11.7.